The van der Waals surface area contributed by atoms with Crippen LogP contribution in [0.5, 0.6) is 0 Å². The highest BCUT2D eigenvalue weighted by Crippen LogP contribution is 2.68. The third-order valence-corrected chi connectivity index (χ3v) is 12.8. The van der Waals surface area contributed by atoms with Gasteiger partial charge in [-0.2, -0.15) is 0 Å². The second kappa shape index (κ2) is 13.8. The van der Waals surface area contributed by atoms with Gasteiger partial charge in [-0.25, -0.2) is 4.79 Å². The summed E-state index contributed by atoms with van der Waals surface area (Å²) < 4.78 is 11.2. The Morgan fingerprint density at radius 1 is 1.13 bits per heavy atom. The Balaban J connectivity index is 1.73. The Kier molecular flexibility index (Phi) is 11.5. The molecule has 2 amide bonds. The molecule has 0 aliphatic heterocycles. The number of carbonyl (C=O) groups is 4. The number of rotatable bonds is 10. The molecular weight excluding hydrogens is 604 g/mol. The zero-order valence-electron chi connectivity index (χ0n) is 30.1. The summed E-state index contributed by atoms with van der Waals surface area (Å²) in [6.45, 7) is 25.6. The summed E-state index contributed by atoms with van der Waals surface area (Å²) in [5, 5.41) is 17.3. The zero-order valence-corrected chi connectivity index (χ0v) is 30.9. The molecule has 0 aromatic heterocycles. The van der Waals surface area contributed by atoms with Gasteiger partial charge in [0.2, 0.25) is 5.91 Å². The van der Waals surface area contributed by atoms with Gasteiger partial charge in [-0.1, -0.05) is 47.6 Å². The second-order valence-electron chi connectivity index (χ2n) is 16.7. The van der Waals surface area contributed by atoms with Gasteiger partial charge in [0.1, 0.15) is 23.5 Å². The minimum atomic E-state index is -0.777. The Morgan fingerprint density at radius 2 is 1.76 bits per heavy atom. The summed E-state index contributed by atoms with van der Waals surface area (Å²) in [7, 11) is 0. The van der Waals surface area contributed by atoms with E-state index < -0.39 is 45.5 Å². The second-order valence-corrected chi connectivity index (χ2v) is 18.4. The average molecular weight is 665 g/mol. The molecule has 9 nitrogen and oxygen atoms in total. The van der Waals surface area contributed by atoms with E-state index in [-0.39, 0.29) is 59.0 Å². The molecule has 0 aromatic rings. The summed E-state index contributed by atoms with van der Waals surface area (Å²) >= 11 is 1.38. The summed E-state index contributed by atoms with van der Waals surface area (Å²) in [6.07, 6.45) is 3.30. The van der Waals surface area contributed by atoms with E-state index in [1.807, 2.05) is 34.6 Å². The molecule has 0 aromatic carbocycles. The molecule has 3 rings (SSSR count). The molecule has 3 N–H and O–H groups in total. The normalized spacial score (nSPS) is 35.3. The van der Waals surface area contributed by atoms with Crippen LogP contribution in [0.25, 0.3) is 0 Å². The molecule has 9 atom stereocenters. The van der Waals surface area contributed by atoms with E-state index in [1.165, 1.54) is 11.8 Å². The lowest BCUT2D eigenvalue weighted by Gasteiger charge is -2.61. The fourth-order valence-corrected chi connectivity index (χ4v) is 9.13. The van der Waals surface area contributed by atoms with E-state index in [0.717, 1.165) is 19.3 Å². The van der Waals surface area contributed by atoms with Gasteiger partial charge in [0.05, 0.1) is 11.9 Å². The number of carbonyl (C=O) groups excluding carboxylic acids is 4. The first-order chi connectivity index (χ1) is 21.0. The lowest BCUT2D eigenvalue weighted by atomic mass is 9.44. The van der Waals surface area contributed by atoms with Crippen molar-refractivity contribution in [3.63, 3.8) is 0 Å². The molecule has 3 aliphatic rings. The number of ether oxygens (including phenoxy) is 2. The Morgan fingerprint density at radius 3 is 2.33 bits per heavy atom. The summed E-state index contributed by atoms with van der Waals surface area (Å²) in [5.74, 6) is -0.801. The molecule has 2 bridgehead atoms. The first kappa shape index (κ1) is 38.4. The smallest absolute Gasteiger partial charge is 0.408 e. The molecule has 0 unspecified atom stereocenters. The Labute approximate surface area is 281 Å². The van der Waals surface area contributed by atoms with Crippen LogP contribution in [0.15, 0.2) is 12.7 Å². The number of aliphatic hydroxyl groups is 1. The van der Waals surface area contributed by atoms with Gasteiger partial charge in [-0.05, 0) is 83.5 Å². The number of nitrogens with one attached hydrogen (secondary N) is 2. The number of aliphatic hydroxyl groups excluding tert-OH is 1. The maximum atomic E-state index is 13.6. The van der Waals surface area contributed by atoms with E-state index >= 15 is 0 Å². The van der Waals surface area contributed by atoms with Gasteiger partial charge in [0, 0.05) is 34.5 Å². The monoisotopic (exact) mass is 664 g/mol. The van der Waals surface area contributed by atoms with Gasteiger partial charge < -0.3 is 25.2 Å². The number of alkyl carbamates (subject to hydrolysis) is 1. The standard InChI is InChI=1S/C36H60N2O7S/c1-13-34(11)18-25(35(12)22(4)14-16-36(23(5)29(34)41)17-15-24(39)28(35)36)44-26(40)19-46-33(9,10)20-37-30(42)27(21(2)3)38-31(43)45-32(6,7)8/h13,21-23,25,27-29,41H,1,14-20H2,2-12H3,(H,37,42)(H,38,43)/t22-,23+,25-,27-,28+,29+,34-,35+,36+/m1/s1. The maximum absolute atomic E-state index is 13.6. The van der Waals surface area contributed by atoms with Crippen molar-refractivity contribution >= 4 is 35.5 Å². The molecular formula is C36H60N2O7S. The lowest BCUT2D eigenvalue weighted by Crippen LogP contribution is -2.63. The third-order valence-electron chi connectivity index (χ3n) is 11.5. The topological polar surface area (TPSA) is 131 Å². The SMILES string of the molecule is C=C[C@]1(C)C[C@@H](OC(=O)CSC(C)(C)CNC(=O)[C@H](NC(=O)OC(C)(C)C)C(C)C)[C@]2(C)[C@H](C)CC[C@]3(CCC(=O)[C@H]32)[C@@H](C)[C@@H]1O. The minimum Gasteiger partial charge on any atom is -0.461 e. The molecule has 3 aliphatic carbocycles. The summed E-state index contributed by atoms with van der Waals surface area (Å²) in [5.41, 5.74) is -2.27. The van der Waals surface area contributed by atoms with E-state index in [9.17, 15) is 24.3 Å². The minimum absolute atomic E-state index is 0.0567. The fourth-order valence-electron chi connectivity index (χ4n) is 8.38. The zero-order chi connectivity index (χ0) is 35.0. The first-order valence-electron chi connectivity index (χ1n) is 17.0. The van der Waals surface area contributed by atoms with Crippen LogP contribution in [0.3, 0.4) is 0 Å². The van der Waals surface area contributed by atoms with Crippen molar-refractivity contribution in [1.82, 2.24) is 10.6 Å². The van der Waals surface area contributed by atoms with Crippen LogP contribution in [-0.4, -0.2) is 69.8 Å². The Hall–Kier alpha value is -2.07. The van der Waals surface area contributed by atoms with E-state index in [1.54, 1.807) is 26.8 Å². The predicted octanol–water partition coefficient (Wildman–Crippen LogP) is 6.07. The molecule has 10 heteroatoms. The van der Waals surface area contributed by atoms with Crippen LogP contribution < -0.4 is 10.6 Å². The number of esters is 1. The number of thioether (sulfide) groups is 1. The van der Waals surface area contributed by atoms with Crippen molar-refractivity contribution in [1.29, 1.82) is 0 Å². The number of hydrogen-bond donors (Lipinski definition) is 3. The van der Waals surface area contributed by atoms with E-state index in [4.69, 9.17) is 9.47 Å². The van der Waals surface area contributed by atoms with Crippen molar-refractivity contribution in [3.05, 3.63) is 12.7 Å². The highest BCUT2D eigenvalue weighted by atomic mass is 32.2. The van der Waals surface area contributed by atoms with Crippen molar-refractivity contribution in [2.75, 3.05) is 12.3 Å². The largest absolute Gasteiger partial charge is 0.461 e. The first-order valence-corrected chi connectivity index (χ1v) is 18.0. The van der Waals surface area contributed by atoms with Crippen LogP contribution in [0.2, 0.25) is 0 Å². The third kappa shape index (κ3) is 7.79. The number of Topliss-reactive ketones (excluding diaryl/α,β-unsaturated/α-hetero) is 1. The van der Waals surface area contributed by atoms with Crippen LogP contribution in [0.4, 0.5) is 4.79 Å². The van der Waals surface area contributed by atoms with Crippen LogP contribution in [0, 0.1) is 39.9 Å². The molecule has 262 valence electrons. The number of amides is 2. The average Bonchev–Trinajstić information content (AvgIpc) is 3.31. The van der Waals surface area contributed by atoms with Gasteiger partial charge in [0.25, 0.3) is 0 Å². The molecule has 3 fully saturated rings. The van der Waals surface area contributed by atoms with E-state index in [2.05, 4.69) is 38.0 Å². The van der Waals surface area contributed by atoms with Crippen molar-refractivity contribution in [2.45, 2.75) is 137 Å². The van der Waals surface area contributed by atoms with Crippen molar-refractivity contribution in [2.24, 2.45) is 39.9 Å². The Bertz CT molecular complexity index is 1180. The number of ketones is 1. The highest BCUT2D eigenvalue weighted by molar-refractivity contribution is 8.01. The van der Waals surface area contributed by atoms with Crippen LogP contribution >= 0.6 is 11.8 Å². The van der Waals surface area contributed by atoms with Gasteiger partial charge in [-0.15, -0.1) is 18.3 Å². The predicted molar refractivity (Wildman–Crippen MR) is 182 cm³/mol. The maximum Gasteiger partial charge on any atom is 0.408 e. The lowest BCUT2D eigenvalue weighted by molar-refractivity contribution is -0.205. The highest BCUT2D eigenvalue weighted by Gasteiger charge is 2.68. The van der Waals surface area contributed by atoms with Crippen molar-refractivity contribution < 1.29 is 33.8 Å². The van der Waals surface area contributed by atoms with Gasteiger partial charge >= 0.3 is 12.1 Å². The molecule has 0 heterocycles. The summed E-state index contributed by atoms with van der Waals surface area (Å²) in [4.78, 5) is 52.6. The van der Waals surface area contributed by atoms with E-state index in [0.29, 0.717) is 12.8 Å². The van der Waals surface area contributed by atoms with Crippen LogP contribution in [-0.2, 0) is 23.9 Å². The fraction of sp³-hybridized carbons (Fsp3) is 0.833. The van der Waals surface area contributed by atoms with Crippen molar-refractivity contribution in [3.8, 4) is 0 Å². The van der Waals surface area contributed by atoms with Gasteiger partial charge in [-0.3, -0.25) is 14.4 Å². The molecule has 0 radical (unpaired) electrons. The molecule has 0 spiro atoms. The van der Waals surface area contributed by atoms with Gasteiger partial charge in [0.15, 0.2) is 0 Å². The molecule has 0 saturated heterocycles. The molecule has 46 heavy (non-hydrogen) atoms. The molecule has 3 saturated carbocycles. The summed E-state index contributed by atoms with van der Waals surface area (Å²) in [6, 6.07) is -0.777. The van der Waals surface area contributed by atoms with Crippen LogP contribution in [0.1, 0.15) is 108 Å². The quantitative estimate of drug-likeness (QED) is 0.190. The number of hydrogen-bond acceptors (Lipinski definition) is 8.